The first-order valence-electron chi connectivity index (χ1n) is 8.95. The third kappa shape index (κ3) is 3.81. The van der Waals surface area contributed by atoms with E-state index in [1.54, 1.807) is 18.6 Å². The first kappa shape index (κ1) is 17.6. The summed E-state index contributed by atoms with van der Waals surface area (Å²) in [6.45, 7) is 0. The molecule has 1 aliphatic heterocycles. The van der Waals surface area contributed by atoms with Crippen LogP contribution in [0.3, 0.4) is 0 Å². The average molecular weight is 369 g/mol. The van der Waals surface area contributed by atoms with E-state index in [2.05, 4.69) is 25.6 Å². The Morgan fingerprint density at radius 3 is 2.61 bits per heavy atom. The minimum absolute atomic E-state index is 0.0318. The number of pyridine rings is 1. The summed E-state index contributed by atoms with van der Waals surface area (Å²) in [7, 11) is 1.82. The number of amides is 1. The van der Waals surface area contributed by atoms with Crippen LogP contribution < -0.4 is 10.6 Å². The summed E-state index contributed by atoms with van der Waals surface area (Å²) in [5.74, 6) is 1.29. The molecule has 3 aromatic rings. The molecule has 4 rings (SSSR count). The van der Waals surface area contributed by atoms with Gasteiger partial charge in [0.25, 0.3) is 0 Å². The summed E-state index contributed by atoms with van der Waals surface area (Å²) in [4.78, 5) is 24.8. The van der Waals surface area contributed by atoms with E-state index in [0.29, 0.717) is 18.1 Å². The molecule has 1 amide bonds. The van der Waals surface area contributed by atoms with Gasteiger partial charge in [-0.15, -0.1) is 0 Å². The molecule has 3 heterocycles. The number of nitrogens with one attached hydrogen (secondary N) is 2. The standard InChI is InChI=1S/C22H19N5O/c1-23-20-9-8-15(16-6-7-17-13-21(28)26-19(17)12-16)4-3-11-25-22(27-20)18-5-2-10-24-14-18/h2-12,14H,13H2,1H3,(H,26,28)(H,23,25,27). The molecule has 2 aromatic heterocycles. The van der Waals surface area contributed by atoms with Crippen molar-refractivity contribution >= 4 is 17.4 Å². The normalized spacial score (nSPS) is 12.0. The lowest BCUT2D eigenvalue weighted by Crippen LogP contribution is -2.03. The maximum Gasteiger partial charge on any atom is 0.228 e. The van der Waals surface area contributed by atoms with Gasteiger partial charge in [-0.3, -0.25) is 9.78 Å². The van der Waals surface area contributed by atoms with Crippen LogP contribution in [0, 0.1) is 0 Å². The Hall–Kier alpha value is -3.80. The highest BCUT2D eigenvalue weighted by atomic mass is 16.1. The number of benzene rings is 1. The zero-order valence-electron chi connectivity index (χ0n) is 15.4. The number of aromatic nitrogens is 3. The second-order valence-corrected chi connectivity index (χ2v) is 6.34. The van der Waals surface area contributed by atoms with Gasteiger partial charge in [0.15, 0.2) is 5.82 Å². The molecule has 0 bridgehead atoms. The quantitative estimate of drug-likeness (QED) is 0.733. The molecular weight excluding hydrogens is 350 g/mol. The molecule has 138 valence electrons. The zero-order valence-corrected chi connectivity index (χ0v) is 15.4. The number of fused-ring (bicyclic) bond motifs is 1. The van der Waals surface area contributed by atoms with Crippen LogP contribution in [0.15, 0.2) is 73.2 Å². The smallest absolute Gasteiger partial charge is 0.228 e. The van der Waals surface area contributed by atoms with Crippen LogP contribution in [-0.2, 0) is 11.2 Å². The molecule has 6 nitrogen and oxygen atoms in total. The van der Waals surface area contributed by atoms with Crippen molar-refractivity contribution in [2.45, 2.75) is 6.42 Å². The van der Waals surface area contributed by atoms with Gasteiger partial charge in [-0.05, 0) is 47.0 Å². The lowest BCUT2D eigenvalue weighted by Gasteiger charge is -2.04. The van der Waals surface area contributed by atoms with Gasteiger partial charge in [0, 0.05) is 36.9 Å². The Morgan fingerprint density at radius 2 is 1.79 bits per heavy atom. The van der Waals surface area contributed by atoms with Crippen molar-refractivity contribution in [1.82, 2.24) is 15.0 Å². The molecule has 0 saturated carbocycles. The van der Waals surface area contributed by atoms with E-state index in [-0.39, 0.29) is 5.91 Å². The van der Waals surface area contributed by atoms with E-state index in [4.69, 9.17) is 0 Å². The summed E-state index contributed by atoms with van der Waals surface area (Å²) < 4.78 is 0. The van der Waals surface area contributed by atoms with Gasteiger partial charge >= 0.3 is 0 Å². The summed E-state index contributed by atoms with van der Waals surface area (Å²) in [5.41, 5.74) is 4.74. The van der Waals surface area contributed by atoms with E-state index in [9.17, 15) is 4.79 Å². The fourth-order valence-corrected chi connectivity index (χ4v) is 3.02. The minimum atomic E-state index is 0.0318. The second kappa shape index (κ2) is 7.84. The fraction of sp³-hybridized carbons (Fsp3) is 0.0909. The van der Waals surface area contributed by atoms with Gasteiger partial charge in [-0.25, -0.2) is 9.97 Å². The van der Waals surface area contributed by atoms with Crippen molar-refractivity contribution in [3.05, 3.63) is 78.8 Å². The second-order valence-electron chi connectivity index (χ2n) is 6.34. The molecule has 1 aliphatic rings. The Bertz CT molecular complexity index is 1080. The zero-order chi connectivity index (χ0) is 19.3. The van der Waals surface area contributed by atoms with Crippen LogP contribution in [0.5, 0.6) is 0 Å². The number of hydrogen-bond acceptors (Lipinski definition) is 5. The highest BCUT2D eigenvalue weighted by Gasteiger charge is 2.17. The van der Waals surface area contributed by atoms with E-state index < -0.39 is 0 Å². The first-order valence-corrected chi connectivity index (χ1v) is 8.95. The average Bonchev–Trinajstić information content (AvgIpc) is 3.11. The third-order valence-corrected chi connectivity index (χ3v) is 4.45. The van der Waals surface area contributed by atoms with Gasteiger partial charge in [-0.1, -0.05) is 24.3 Å². The Kier molecular flexibility index (Phi) is 4.93. The Morgan fingerprint density at radius 1 is 0.964 bits per heavy atom. The van der Waals surface area contributed by atoms with Gasteiger partial charge in [0.05, 0.1) is 6.42 Å². The van der Waals surface area contributed by atoms with E-state index >= 15 is 0 Å². The van der Waals surface area contributed by atoms with Crippen molar-refractivity contribution in [3.63, 3.8) is 0 Å². The van der Waals surface area contributed by atoms with Crippen LogP contribution >= 0.6 is 0 Å². The van der Waals surface area contributed by atoms with Crippen molar-refractivity contribution in [2.75, 3.05) is 17.7 Å². The third-order valence-electron chi connectivity index (χ3n) is 4.45. The molecule has 0 radical (unpaired) electrons. The topological polar surface area (TPSA) is 79.8 Å². The van der Waals surface area contributed by atoms with Crippen LogP contribution in [0.4, 0.5) is 11.5 Å². The van der Waals surface area contributed by atoms with Gasteiger partial charge in [0.1, 0.15) is 5.82 Å². The summed E-state index contributed by atoms with van der Waals surface area (Å²) in [6, 6.07) is 17.5. The molecule has 2 N–H and O–H groups in total. The molecule has 0 unspecified atom stereocenters. The number of anilines is 2. The molecule has 0 atom stereocenters. The molecule has 0 fully saturated rings. The molecule has 28 heavy (non-hydrogen) atoms. The summed E-state index contributed by atoms with van der Waals surface area (Å²) in [5, 5.41) is 5.99. The van der Waals surface area contributed by atoms with Crippen molar-refractivity contribution in [3.8, 4) is 22.5 Å². The fourth-order valence-electron chi connectivity index (χ4n) is 3.02. The molecule has 6 heteroatoms. The van der Waals surface area contributed by atoms with Gasteiger partial charge in [0.2, 0.25) is 5.91 Å². The van der Waals surface area contributed by atoms with E-state index in [1.807, 2.05) is 61.6 Å². The van der Waals surface area contributed by atoms with Gasteiger partial charge < -0.3 is 10.6 Å². The molecule has 0 saturated heterocycles. The van der Waals surface area contributed by atoms with Crippen molar-refractivity contribution in [1.29, 1.82) is 0 Å². The number of carbonyl (C=O) groups excluding carboxylic acids is 1. The van der Waals surface area contributed by atoms with E-state index in [1.165, 1.54) is 0 Å². The van der Waals surface area contributed by atoms with Crippen LogP contribution in [-0.4, -0.2) is 27.9 Å². The lowest BCUT2D eigenvalue weighted by atomic mass is 10.0. The maximum absolute atomic E-state index is 11.6. The monoisotopic (exact) mass is 369 g/mol. The molecule has 0 spiro atoms. The van der Waals surface area contributed by atoms with Gasteiger partial charge in [-0.2, -0.15) is 0 Å². The molecule has 1 aromatic carbocycles. The SMILES string of the molecule is CNc1ccc(-c2ccc3c(c2)NC(=O)C3)cccnc(-c2cccnc2)n1. The van der Waals surface area contributed by atoms with Crippen molar-refractivity contribution < 1.29 is 4.79 Å². The number of carbonyl (C=O) groups is 1. The highest BCUT2D eigenvalue weighted by Crippen LogP contribution is 2.29. The van der Waals surface area contributed by atoms with E-state index in [0.717, 1.165) is 27.9 Å². The summed E-state index contributed by atoms with van der Waals surface area (Å²) >= 11 is 0. The molecular formula is C22H19N5O. The Labute approximate surface area is 163 Å². The maximum atomic E-state index is 11.6. The number of rotatable bonds is 3. The lowest BCUT2D eigenvalue weighted by molar-refractivity contribution is -0.115. The molecule has 0 aliphatic carbocycles. The predicted octanol–water partition coefficient (Wildman–Crippen LogP) is 3.87. The van der Waals surface area contributed by atoms with Crippen LogP contribution in [0.2, 0.25) is 0 Å². The highest BCUT2D eigenvalue weighted by molar-refractivity contribution is 5.99. The van der Waals surface area contributed by atoms with Crippen LogP contribution in [0.1, 0.15) is 5.56 Å². The predicted molar refractivity (Wildman–Crippen MR) is 110 cm³/mol. The van der Waals surface area contributed by atoms with Crippen molar-refractivity contribution in [2.24, 2.45) is 0 Å². The first-order chi connectivity index (χ1) is 13.7. The minimum Gasteiger partial charge on any atom is -0.373 e. The summed E-state index contributed by atoms with van der Waals surface area (Å²) in [6.07, 6.45) is 5.61. The number of nitrogens with zero attached hydrogens (tertiary/aromatic N) is 3. The largest absolute Gasteiger partial charge is 0.373 e. The van der Waals surface area contributed by atoms with Crippen LogP contribution in [0.25, 0.3) is 22.5 Å². The number of hydrogen-bond donors (Lipinski definition) is 2. The Balaban J connectivity index is 1.78.